The minimum Gasteiger partial charge on any atom is -0.480 e. The van der Waals surface area contributed by atoms with Crippen LogP contribution in [-0.4, -0.2) is 64.4 Å². The Morgan fingerprint density at radius 1 is 1.14 bits per heavy atom. The van der Waals surface area contributed by atoms with Crippen LogP contribution in [0.4, 0.5) is 0 Å². The average Bonchev–Trinajstić information content (AvgIpc) is 2.34. The van der Waals surface area contributed by atoms with Crippen molar-refractivity contribution in [1.82, 2.24) is 4.90 Å². The molecule has 0 spiro atoms. The fourth-order valence-electron chi connectivity index (χ4n) is 1.83. The van der Waals surface area contributed by atoms with Gasteiger partial charge in [0.05, 0.1) is 6.61 Å². The van der Waals surface area contributed by atoms with Crippen LogP contribution in [-0.2, 0) is 13.9 Å². The van der Waals surface area contributed by atoms with Crippen molar-refractivity contribution in [2.75, 3.05) is 6.61 Å². The number of carboxylic acid groups (broad SMARTS) is 1. The van der Waals surface area contributed by atoms with Gasteiger partial charge in [-0.25, -0.2) is 0 Å². The Morgan fingerprint density at radius 3 is 1.59 bits per heavy atom. The van der Waals surface area contributed by atoms with Crippen LogP contribution in [0.5, 0.6) is 0 Å². The van der Waals surface area contributed by atoms with E-state index < -0.39 is 44.9 Å². The third-order valence-electron chi connectivity index (χ3n) is 3.02. The molecule has 12 heteroatoms. The Morgan fingerprint density at radius 2 is 1.45 bits per heavy atom. The van der Waals surface area contributed by atoms with E-state index in [2.05, 4.69) is 13.2 Å². The highest BCUT2D eigenvalue weighted by molar-refractivity contribution is 7.53. The van der Waals surface area contributed by atoms with E-state index in [4.69, 9.17) is 0 Å². The maximum atomic E-state index is 11.6. The number of rotatable bonds is 9. The molecule has 0 aromatic carbocycles. The number of nitrogens with zero attached hydrogens (tertiary/aromatic N) is 1. The highest BCUT2D eigenvalue weighted by Crippen LogP contribution is 2.53. The molecule has 0 fully saturated rings. The SMILES string of the molecule is C=CC(N(C(C=C)P(=O)(O)O)C(C)(CO)C(=O)O)P(=O)(O)O. The lowest BCUT2D eigenvalue weighted by Crippen LogP contribution is -2.61. The molecule has 0 saturated heterocycles. The molecule has 0 heterocycles. The smallest absolute Gasteiger partial charge is 0.346 e. The monoisotopic (exact) mass is 359 g/mol. The summed E-state index contributed by atoms with van der Waals surface area (Å²) in [7, 11) is -10.2. The zero-order valence-corrected chi connectivity index (χ0v) is 13.5. The van der Waals surface area contributed by atoms with Gasteiger partial charge in [0.15, 0.2) is 0 Å². The molecule has 3 unspecified atom stereocenters. The van der Waals surface area contributed by atoms with Crippen molar-refractivity contribution in [3.63, 3.8) is 0 Å². The first-order valence-electron chi connectivity index (χ1n) is 5.75. The fraction of sp³-hybridized carbons (Fsp3) is 0.500. The fourth-order valence-corrected chi connectivity index (χ4v) is 3.93. The van der Waals surface area contributed by atoms with Crippen molar-refractivity contribution in [3.8, 4) is 0 Å². The number of carboxylic acids is 1. The summed E-state index contributed by atoms with van der Waals surface area (Å²) in [6.07, 6.45) is 1.31. The molecule has 128 valence electrons. The Bertz CT molecular complexity index is 505. The summed E-state index contributed by atoms with van der Waals surface area (Å²) in [5.41, 5.74) is -2.40. The van der Waals surface area contributed by atoms with Crippen molar-refractivity contribution in [1.29, 1.82) is 0 Å². The number of aliphatic hydroxyl groups excluding tert-OH is 1. The number of aliphatic carboxylic acids is 1. The van der Waals surface area contributed by atoms with Crippen LogP contribution in [0.3, 0.4) is 0 Å². The van der Waals surface area contributed by atoms with Crippen LogP contribution in [0.15, 0.2) is 25.3 Å². The topological polar surface area (TPSA) is 176 Å². The lowest BCUT2D eigenvalue weighted by Gasteiger charge is -2.44. The van der Waals surface area contributed by atoms with Gasteiger partial charge in [-0.3, -0.25) is 18.8 Å². The largest absolute Gasteiger partial charge is 0.480 e. The molecule has 22 heavy (non-hydrogen) atoms. The molecule has 0 aromatic heterocycles. The van der Waals surface area contributed by atoms with Gasteiger partial charge in [0, 0.05) is 0 Å². The van der Waals surface area contributed by atoms with Crippen molar-refractivity contribution >= 4 is 21.2 Å². The average molecular weight is 359 g/mol. The van der Waals surface area contributed by atoms with Gasteiger partial charge in [0.2, 0.25) is 0 Å². The molecule has 0 bridgehead atoms. The number of hydrogen-bond acceptors (Lipinski definition) is 5. The molecule has 0 aliphatic heterocycles. The Balaban J connectivity index is 6.50. The third-order valence-corrected chi connectivity index (χ3v) is 5.32. The van der Waals surface area contributed by atoms with Gasteiger partial charge in [0.1, 0.15) is 17.1 Å². The summed E-state index contributed by atoms with van der Waals surface area (Å²) in [5, 5.41) is 18.6. The van der Waals surface area contributed by atoms with Gasteiger partial charge in [-0.1, -0.05) is 12.2 Å². The highest BCUT2D eigenvalue weighted by Gasteiger charge is 2.53. The Kier molecular flexibility index (Phi) is 6.89. The maximum absolute atomic E-state index is 11.6. The van der Waals surface area contributed by atoms with Crippen LogP contribution in [0, 0.1) is 0 Å². The van der Waals surface area contributed by atoms with E-state index in [0.29, 0.717) is 17.1 Å². The zero-order chi connectivity index (χ0) is 17.9. The second kappa shape index (κ2) is 7.16. The molecule has 0 amide bonds. The first-order chi connectivity index (χ1) is 9.77. The van der Waals surface area contributed by atoms with Crippen molar-refractivity contribution in [2.45, 2.75) is 24.0 Å². The molecule has 3 atom stereocenters. The van der Waals surface area contributed by atoms with Crippen LogP contribution in [0.25, 0.3) is 0 Å². The van der Waals surface area contributed by atoms with Crippen LogP contribution < -0.4 is 0 Å². The Labute approximate surface area is 126 Å². The van der Waals surface area contributed by atoms with Gasteiger partial charge in [-0.2, -0.15) is 0 Å². The maximum Gasteiger partial charge on any atom is 0.346 e. The van der Waals surface area contributed by atoms with Gasteiger partial charge in [0.25, 0.3) is 0 Å². The highest BCUT2D eigenvalue weighted by atomic mass is 31.2. The van der Waals surface area contributed by atoms with Crippen LogP contribution in [0.1, 0.15) is 6.92 Å². The standard InChI is InChI=1S/C10H19NO9P2/c1-4-7(21(15,16)17)11(8(5-2)22(18,19)20)10(3,6-12)9(13)14/h4-5,7-8,12H,1-2,6H2,3H3,(H,13,14)(H2,15,16,17)(H2,18,19,20). The molecule has 0 aliphatic carbocycles. The summed E-state index contributed by atoms with van der Waals surface area (Å²) in [6, 6.07) is 0. The van der Waals surface area contributed by atoms with Crippen LogP contribution in [0.2, 0.25) is 0 Å². The van der Waals surface area contributed by atoms with Crippen LogP contribution >= 0.6 is 15.2 Å². The first kappa shape index (κ1) is 21.2. The van der Waals surface area contributed by atoms with E-state index in [9.17, 15) is 43.7 Å². The van der Waals surface area contributed by atoms with E-state index in [-0.39, 0.29) is 0 Å². The van der Waals surface area contributed by atoms with Gasteiger partial charge in [-0.15, -0.1) is 13.2 Å². The molecule has 0 rings (SSSR count). The van der Waals surface area contributed by atoms with Gasteiger partial charge >= 0.3 is 21.2 Å². The predicted octanol–water partition coefficient (Wildman–Crippen LogP) is -0.496. The van der Waals surface area contributed by atoms with E-state index >= 15 is 0 Å². The lowest BCUT2D eigenvalue weighted by molar-refractivity contribution is -0.154. The van der Waals surface area contributed by atoms with Gasteiger partial charge in [-0.05, 0) is 6.92 Å². The lowest BCUT2D eigenvalue weighted by atomic mass is 10.0. The molecule has 0 aromatic rings. The molecule has 0 radical (unpaired) electrons. The van der Waals surface area contributed by atoms with E-state index in [1.165, 1.54) is 0 Å². The normalized spacial score (nSPS) is 18.3. The predicted molar refractivity (Wildman–Crippen MR) is 77.0 cm³/mol. The van der Waals surface area contributed by atoms with Crippen molar-refractivity contribution < 1.29 is 43.7 Å². The first-order valence-corrected chi connectivity index (χ1v) is 9.12. The molecule has 6 N–H and O–H groups in total. The number of aliphatic hydroxyl groups is 1. The molecule has 10 nitrogen and oxygen atoms in total. The minimum absolute atomic E-state index is 0.316. The second-order valence-corrected chi connectivity index (χ2v) is 8.04. The van der Waals surface area contributed by atoms with Crippen molar-refractivity contribution in [3.05, 3.63) is 25.3 Å². The molecule has 0 saturated carbocycles. The number of hydrogen-bond donors (Lipinski definition) is 6. The minimum atomic E-state index is -5.08. The third kappa shape index (κ3) is 4.34. The summed E-state index contributed by atoms with van der Waals surface area (Å²) in [4.78, 5) is 49.1. The summed E-state index contributed by atoms with van der Waals surface area (Å²) in [6.45, 7) is 6.02. The summed E-state index contributed by atoms with van der Waals surface area (Å²) in [5.74, 6) is -5.86. The number of carbonyl (C=O) groups is 1. The molecular formula is C10H19NO9P2. The summed E-state index contributed by atoms with van der Waals surface area (Å²) >= 11 is 0. The zero-order valence-electron chi connectivity index (χ0n) is 11.7. The summed E-state index contributed by atoms with van der Waals surface area (Å²) < 4.78 is 23.1. The van der Waals surface area contributed by atoms with Crippen molar-refractivity contribution in [2.24, 2.45) is 0 Å². The van der Waals surface area contributed by atoms with Gasteiger partial charge < -0.3 is 29.8 Å². The van der Waals surface area contributed by atoms with E-state index in [0.717, 1.165) is 6.92 Å². The van der Waals surface area contributed by atoms with E-state index in [1.54, 1.807) is 0 Å². The molecule has 0 aliphatic rings. The Hall–Kier alpha value is -0.830. The second-order valence-electron chi connectivity index (χ2n) is 4.62. The van der Waals surface area contributed by atoms with E-state index in [1.807, 2.05) is 0 Å². The quantitative estimate of drug-likeness (QED) is 0.232. The molecular weight excluding hydrogens is 340 g/mol.